The van der Waals surface area contributed by atoms with Crippen molar-refractivity contribution in [3.8, 4) is 0 Å². The number of aromatic nitrogens is 1. The first-order valence-corrected chi connectivity index (χ1v) is 4.12. The normalized spacial score (nSPS) is 14.9. The zero-order chi connectivity index (χ0) is 8.48. The topological polar surface area (TPSA) is 38.9 Å². The molecule has 0 amide bonds. The Morgan fingerprint density at radius 3 is 2.73 bits per heavy atom. The summed E-state index contributed by atoms with van der Waals surface area (Å²) in [6.45, 7) is 3.33. The lowest BCUT2D eigenvalue weighted by atomic mass is 9.99. The average molecular weight is 174 g/mol. The number of hydrogen-bond acceptors (Lipinski definition) is 3. The highest BCUT2D eigenvalue weighted by atomic mass is 32.1. The van der Waals surface area contributed by atoms with Crippen LogP contribution < -0.4 is 5.73 Å². The van der Waals surface area contributed by atoms with Crippen LogP contribution in [0.2, 0.25) is 0 Å². The number of hydrogen-bond donors (Lipinski definition) is 1. The van der Waals surface area contributed by atoms with E-state index in [0.29, 0.717) is 4.88 Å². The number of halogens is 1. The second kappa shape index (κ2) is 2.87. The zero-order valence-electron chi connectivity index (χ0n) is 6.54. The summed E-state index contributed by atoms with van der Waals surface area (Å²) >= 11 is 1.15. The lowest BCUT2D eigenvalue weighted by Crippen LogP contribution is -2.36. The molecule has 62 valence electrons. The summed E-state index contributed by atoms with van der Waals surface area (Å²) in [6, 6.07) is 1.66. The van der Waals surface area contributed by atoms with Crippen molar-refractivity contribution in [3.63, 3.8) is 0 Å². The number of alkyl halides is 1. The first-order chi connectivity index (χ1) is 5.02. The average Bonchev–Trinajstić information content (AvgIpc) is 2.34. The third kappa shape index (κ3) is 1.97. The molecule has 0 aromatic carbocycles. The standard InChI is InChI=1S/C7H11FN2S/c1-7(2,9)6(8)5-3-4-10-11-5/h3-4,6H,9H2,1-2H3. The van der Waals surface area contributed by atoms with Crippen LogP contribution in [0, 0.1) is 0 Å². The van der Waals surface area contributed by atoms with E-state index in [1.54, 1.807) is 26.1 Å². The van der Waals surface area contributed by atoms with Crippen molar-refractivity contribution < 1.29 is 4.39 Å². The van der Waals surface area contributed by atoms with Crippen LogP contribution in [-0.2, 0) is 0 Å². The Morgan fingerprint density at radius 1 is 1.73 bits per heavy atom. The monoisotopic (exact) mass is 174 g/mol. The van der Waals surface area contributed by atoms with E-state index in [-0.39, 0.29) is 0 Å². The van der Waals surface area contributed by atoms with Crippen LogP contribution in [0.5, 0.6) is 0 Å². The maximum Gasteiger partial charge on any atom is 0.153 e. The minimum atomic E-state index is -1.12. The highest BCUT2D eigenvalue weighted by Gasteiger charge is 2.27. The fourth-order valence-corrected chi connectivity index (χ4v) is 1.48. The maximum absolute atomic E-state index is 13.3. The minimum absolute atomic E-state index is 0.595. The minimum Gasteiger partial charge on any atom is -0.323 e. The number of nitrogens with zero attached hydrogens (tertiary/aromatic N) is 1. The lowest BCUT2D eigenvalue weighted by molar-refractivity contribution is 0.228. The second-order valence-electron chi connectivity index (χ2n) is 3.10. The van der Waals surface area contributed by atoms with Gasteiger partial charge in [0, 0.05) is 11.7 Å². The Bertz CT molecular complexity index is 215. The summed E-state index contributed by atoms with van der Waals surface area (Å²) < 4.78 is 17.1. The van der Waals surface area contributed by atoms with Crippen LogP contribution in [0.25, 0.3) is 0 Å². The molecule has 0 saturated heterocycles. The molecule has 1 rings (SSSR count). The molecule has 2 nitrogen and oxygen atoms in total. The van der Waals surface area contributed by atoms with E-state index in [1.165, 1.54) is 0 Å². The summed E-state index contributed by atoms with van der Waals surface area (Å²) in [4.78, 5) is 0.595. The van der Waals surface area contributed by atoms with Gasteiger partial charge < -0.3 is 5.73 Å². The van der Waals surface area contributed by atoms with Gasteiger partial charge in [0.1, 0.15) is 0 Å². The molecule has 1 aromatic rings. The van der Waals surface area contributed by atoms with Crippen molar-refractivity contribution in [1.82, 2.24) is 4.37 Å². The molecule has 0 saturated carbocycles. The van der Waals surface area contributed by atoms with Gasteiger partial charge in [0.05, 0.1) is 4.88 Å². The molecule has 1 aromatic heterocycles. The summed E-state index contributed by atoms with van der Waals surface area (Å²) in [5.74, 6) is 0. The fraction of sp³-hybridized carbons (Fsp3) is 0.571. The van der Waals surface area contributed by atoms with Crippen molar-refractivity contribution in [2.24, 2.45) is 5.73 Å². The predicted octanol–water partition coefficient (Wildman–Crippen LogP) is 1.89. The Kier molecular flexibility index (Phi) is 2.25. The van der Waals surface area contributed by atoms with Crippen LogP contribution in [0.1, 0.15) is 24.9 Å². The molecule has 1 heterocycles. The molecule has 4 heteroatoms. The summed E-state index contributed by atoms with van der Waals surface area (Å²) in [6.07, 6.45) is 0.466. The number of nitrogens with two attached hydrogens (primary N) is 1. The van der Waals surface area contributed by atoms with Crippen molar-refractivity contribution in [2.45, 2.75) is 25.6 Å². The third-order valence-electron chi connectivity index (χ3n) is 1.36. The van der Waals surface area contributed by atoms with Gasteiger partial charge in [0.25, 0.3) is 0 Å². The van der Waals surface area contributed by atoms with Gasteiger partial charge in [-0.3, -0.25) is 0 Å². The molecule has 0 radical (unpaired) electrons. The fourth-order valence-electron chi connectivity index (χ4n) is 0.723. The zero-order valence-corrected chi connectivity index (χ0v) is 7.36. The molecule has 2 N–H and O–H groups in total. The van der Waals surface area contributed by atoms with E-state index < -0.39 is 11.7 Å². The lowest BCUT2D eigenvalue weighted by Gasteiger charge is -2.21. The molecule has 0 aliphatic heterocycles. The Morgan fingerprint density at radius 2 is 2.36 bits per heavy atom. The van der Waals surface area contributed by atoms with E-state index >= 15 is 0 Å². The second-order valence-corrected chi connectivity index (χ2v) is 3.96. The van der Waals surface area contributed by atoms with Crippen LogP contribution in [0.15, 0.2) is 12.3 Å². The Balaban J connectivity index is 2.78. The smallest absolute Gasteiger partial charge is 0.153 e. The summed E-state index contributed by atoms with van der Waals surface area (Å²) in [5, 5.41) is 0. The maximum atomic E-state index is 13.3. The van der Waals surface area contributed by atoms with Crippen molar-refractivity contribution >= 4 is 11.5 Å². The van der Waals surface area contributed by atoms with Gasteiger partial charge in [-0.05, 0) is 31.4 Å². The molecule has 0 aliphatic carbocycles. The Labute approximate surface area is 69.4 Å². The molecule has 1 unspecified atom stereocenters. The predicted molar refractivity (Wildman–Crippen MR) is 44.2 cm³/mol. The van der Waals surface area contributed by atoms with Crippen molar-refractivity contribution in [3.05, 3.63) is 17.1 Å². The SMILES string of the molecule is CC(C)(N)C(F)c1ccns1. The molecule has 0 aliphatic rings. The van der Waals surface area contributed by atoms with Crippen molar-refractivity contribution in [1.29, 1.82) is 0 Å². The Hall–Kier alpha value is -0.480. The third-order valence-corrected chi connectivity index (χ3v) is 2.14. The molecule has 1 atom stereocenters. The van der Waals surface area contributed by atoms with Gasteiger partial charge >= 0.3 is 0 Å². The molecule has 11 heavy (non-hydrogen) atoms. The summed E-state index contributed by atoms with van der Waals surface area (Å²) in [7, 11) is 0. The molecule has 0 fully saturated rings. The van der Waals surface area contributed by atoms with Gasteiger partial charge in [-0.1, -0.05) is 0 Å². The molecular weight excluding hydrogens is 163 g/mol. The first kappa shape index (κ1) is 8.62. The van der Waals surface area contributed by atoms with Gasteiger partial charge in [-0.2, -0.15) is 0 Å². The van der Waals surface area contributed by atoms with E-state index in [9.17, 15) is 4.39 Å². The van der Waals surface area contributed by atoms with E-state index in [2.05, 4.69) is 4.37 Å². The van der Waals surface area contributed by atoms with E-state index in [1.807, 2.05) is 0 Å². The highest BCUT2D eigenvalue weighted by molar-refractivity contribution is 7.05. The van der Waals surface area contributed by atoms with Crippen LogP contribution in [0.3, 0.4) is 0 Å². The van der Waals surface area contributed by atoms with Crippen molar-refractivity contribution in [2.75, 3.05) is 0 Å². The van der Waals surface area contributed by atoms with Gasteiger partial charge in [-0.15, -0.1) is 0 Å². The highest BCUT2D eigenvalue weighted by Crippen LogP contribution is 2.29. The molecule has 0 bridgehead atoms. The summed E-state index contributed by atoms with van der Waals surface area (Å²) in [5.41, 5.74) is 4.76. The molecular formula is C7H11FN2S. The van der Waals surface area contributed by atoms with Crippen LogP contribution in [0.4, 0.5) is 4.39 Å². The van der Waals surface area contributed by atoms with E-state index in [0.717, 1.165) is 11.5 Å². The quantitative estimate of drug-likeness (QED) is 0.743. The first-order valence-electron chi connectivity index (χ1n) is 3.35. The van der Waals surface area contributed by atoms with Gasteiger partial charge in [0.2, 0.25) is 0 Å². The van der Waals surface area contributed by atoms with Crippen LogP contribution >= 0.6 is 11.5 Å². The van der Waals surface area contributed by atoms with Gasteiger partial charge in [0.15, 0.2) is 6.17 Å². The van der Waals surface area contributed by atoms with Gasteiger partial charge in [-0.25, -0.2) is 8.76 Å². The number of rotatable bonds is 2. The van der Waals surface area contributed by atoms with E-state index in [4.69, 9.17) is 5.73 Å². The van der Waals surface area contributed by atoms with Crippen LogP contribution in [-0.4, -0.2) is 9.91 Å². The largest absolute Gasteiger partial charge is 0.323 e. The molecule has 0 spiro atoms.